The Labute approximate surface area is 283 Å². The third kappa shape index (κ3) is 7.67. The molecule has 0 atom stereocenters. The van der Waals surface area contributed by atoms with Gasteiger partial charge in [0.05, 0.1) is 16.4 Å². The van der Waals surface area contributed by atoms with Crippen molar-refractivity contribution >= 4 is 40.5 Å². The Kier molecular flexibility index (Phi) is 11.8. The Morgan fingerprint density at radius 3 is 1.85 bits per heavy atom. The molecule has 0 spiro atoms. The Hall–Kier alpha value is -4.02. The minimum Gasteiger partial charge on any atom is -1.00 e. The molecule has 0 saturated heterocycles. The number of nitro benzene ring substituents is 2. The van der Waals surface area contributed by atoms with Gasteiger partial charge in [-0.15, -0.1) is 0 Å². The van der Waals surface area contributed by atoms with Gasteiger partial charge >= 0.3 is 0 Å². The van der Waals surface area contributed by atoms with Crippen LogP contribution < -0.4 is 17.7 Å². The molecule has 46 heavy (non-hydrogen) atoms. The van der Waals surface area contributed by atoms with Crippen LogP contribution in [0, 0.1) is 20.2 Å². The van der Waals surface area contributed by atoms with E-state index in [0.717, 1.165) is 64.9 Å². The number of nitrogens with two attached hydrogens (primary N) is 1. The molecule has 0 aromatic heterocycles. The van der Waals surface area contributed by atoms with E-state index in [2.05, 4.69) is 5.32 Å². The number of halogens is 3. The van der Waals surface area contributed by atoms with Crippen molar-refractivity contribution in [2.45, 2.75) is 45.7 Å². The molecule has 0 unspecified atom stereocenters. The minimum absolute atomic E-state index is 0. The fourth-order valence-corrected chi connectivity index (χ4v) is 6.49. The molecule has 240 valence electrons. The van der Waals surface area contributed by atoms with E-state index in [-0.39, 0.29) is 34.6 Å². The number of non-ortho nitro benzene ring substituents is 2. The fraction of sp³-hybridized carbons (Fsp3) is 0.265. The van der Waals surface area contributed by atoms with Gasteiger partial charge in [0.2, 0.25) is 5.91 Å². The molecule has 6 rings (SSSR count). The SMILES string of the molecule is CCCC(=O)N1CCc2c(cc([N+](=O)[O-])cc2-c2ccccc2Cl)C1.O=[N+]([O-])c1cc2c(c(-c3ccccc3Cl)c1)CC[NH2+]C2.[Cl-]. The van der Waals surface area contributed by atoms with Gasteiger partial charge in [-0.2, -0.15) is 0 Å². The summed E-state index contributed by atoms with van der Waals surface area (Å²) in [7, 11) is 0. The zero-order valence-corrected chi connectivity index (χ0v) is 27.4. The maximum atomic E-state index is 12.2. The van der Waals surface area contributed by atoms with E-state index in [1.807, 2.05) is 49.4 Å². The smallest absolute Gasteiger partial charge is 0.270 e. The molecule has 4 aromatic rings. The lowest BCUT2D eigenvalue weighted by Gasteiger charge is -2.30. The van der Waals surface area contributed by atoms with Gasteiger partial charge in [-0.1, -0.05) is 66.5 Å². The first kappa shape index (κ1) is 34.8. The number of rotatable bonds is 6. The average Bonchev–Trinajstić information content (AvgIpc) is 3.04. The normalized spacial score (nSPS) is 13.3. The van der Waals surface area contributed by atoms with Gasteiger partial charge in [-0.05, 0) is 52.8 Å². The van der Waals surface area contributed by atoms with Crippen LogP contribution in [-0.2, 0) is 30.7 Å². The van der Waals surface area contributed by atoms with E-state index in [1.165, 1.54) is 5.56 Å². The van der Waals surface area contributed by atoms with Gasteiger partial charge < -0.3 is 22.6 Å². The van der Waals surface area contributed by atoms with Crippen molar-refractivity contribution in [3.05, 3.63) is 125 Å². The molecule has 2 heterocycles. The third-order valence-electron chi connectivity index (χ3n) is 8.18. The minimum atomic E-state index is -0.395. The molecule has 1 amide bonds. The highest BCUT2D eigenvalue weighted by molar-refractivity contribution is 6.33. The Balaban J connectivity index is 0.000000209. The average molecular weight is 684 g/mol. The van der Waals surface area contributed by atoms with Gasteiger partial charge in [0.1, 0.15) is 6.54 Å². The zero-order chi connectivity index (χ0) is 32.1. The molecule has 12 heteroatoms. The molecule has 0 saturated carbocycles. The number of quaternary nitrogens is 1. The zero-order valence-electron chi connectivity index (χ0n) is 25.2. The van der Waals surface area contributed by atoms with Crippen LogP contribution in [0.2, 0.25) is 10.0 Å². The molecule has 0 radical (unpaired) electrons. The van der Waals surface area contributed by atoms with Crippen LogP contribution in [0.5, 0.6) is 0 Å². The lowest BCUT2D eigenvalue weighted by molar-refractivity contribution is -0.673. The van der Waals surface area contributed by atoms with E-state index in [9.17, 15) is 25.0 Å². The quantitative estimate of drug-likeness (QED) is 0.242. The first-order valence-corrected chi connectivity index (χ1v) is 15.6. The summed E-state index contributed by atoms with van der Waals surface area (Å²) in [5.41, 5.74) is 7.61. The maximum Gasteiger partial charge on any atom is 0.270 e. The molecule has 0 aliphatic carbocycles. The summed E-state index contributed by atoms with van der Waals surface area (Å²) in [4.78, 5) is 35.7. The van der Waals surface area contributed by atoms with Crippen molar-refractivity contribution in [2.75, 3.05) is 13.1 Å². The molecule has 2 N–H and O–H groups in total. The summed E-state index contributed by atoms with van der Waals surface area (Å²) < 4.78 is 0. The van der Waals surface area contributed by atoms with Crippen molar-refractivity contribution in [3.63, 3.8) is 0 Å². The van der Waals surface area contributed by atoms with Crippen molar-refractivity contribution < 1.29 is 32.4 Å². The second kappa shape index (κ2) is 15.5. The number of amides is 1. The Morgan fingerprint density at radius 2 is 1.33 bits per heavy atom. The van der Waals surface area contributed by atoms with E-state index in [0.29, 0.717) is 36.0 Å². The number of nitro groups is 2. The number of carbonyl (C=O) groups is 1. The monoisotopic (exact) mass is 682 g/mol. The first-order valence-electron chi connectivity index (χ1n) is 14.9. The van der Waals surface area contributed by atoms with Gasteiger partial charge in [0.15, 0.2) is 0 Å². The summed E-state index contributed by atoms with van der Waals surface area (Å²) in [6.45, 7) is 4.79. The molecule has 4 aromatic carbocycles. The van der Waals surface area contributed by atoms with Gasteiger partial charge in [0, 0.05) is 76.9 Å². The predicted octanol–water partition coefficient (Wildman–Crippen LogP) is 4.14. The van der Waals surface area contributed by atoms with Gasteiger partial charge in [-0.25, -0.2) is 0 Å². The van der Waals surface area contributed by atoms with Crippen molar-refractivity contribution in [1.82, 2.24) is 4.90 Å². The molecule has 0 bridgehead atoms. The Bertz CT molecular complexity index is 1780. The summed E-state index contributed by atoms with van der Waals surface area (Å²) >= 11 is 12.6. The predicted molar refractivity (Wildman–Crippen MR) is 175 cm³/mol. The number of fused-ring (bicyclic) bond motifs is 2. The topological polar surface area (TPSA) is 123 Å². The Morgan fingerprint density at radius 1 is 0.804 bits per heavy atom. The molecule has 2 aliphatic heterocycles. The van der Waals surface area contributed by atoms with Crippen molar-refractivity contribution in [3.8, 4) is 22.3 Å². The molecule has 0 fully saturated rings. The van der Waals surface area contributed by atoms with Crippen LogP contribution in [0.1, 0.15) is 42.0 Å². The molecule has 9 nitrogen and oxygen atoms in total. The summed E-state index contributed by atoms with van der Waals surface area (Å²) in [6.07, 6.45) is 2.88. The van der Waals surface area contributed by atoms with Gasteiger partial charge in [-0.3, -0.25) is 25.0 Å². The number of hydrogen-bond donors (Lipinski definition) is 1. The van der Waals surface area contributed by atoms with E-state index >= 15 is 0 Å². The summed E-state index contributed by atoms with van der Waals surface area (Å²) in [5, 5.41) is 25.8. The van der Waals surface area contributed by atoms with Crippen LogP contribution in [0.4, 0.5) is 11.4 Å². The van der Waals surface area contributed by atoms with Crippen molar-refractivity contribution in [2.24, 2.45) is 0 Å². The van der Waals surface area contributed by atoms with Gasteiger partial charge in [0.25, 0.3) is 11.4 Å². The van der Waals surface area contributed by atoms with Crippen LogP contribution in [0.3, 0.4) is 0 Å². The maximum absolute atomic E-state index is 12.2. The molecular weight excluding hydrogens is 651 g/mol. The van der Waals surface area contributed by atoms with E-state index < -0.39 is 4.92 Å². The largest absolute Gasteiger partial charge is 1.00 e. The number of nitrogens with zero attached hydrogens (tertiary/aromatic N) is 3. The second-order valence-electron chi connectivity index (χ2n) is 11.1. The van der Waals surface area contributed by atoms with Crippen molar-refractivity contribution in [1.29, 1.82) is 0 Å². The summed E-state index contributed by atoms with van der Waals surface area (Å²) in [6, 6.07) is 21.4. The highest BCUT2D eigenvalue weighted by Crippen LogP contribution is 2.38. The number of hydrogen-bond acceptors (Lipinski definition) is 5. The van der Waals surface area contributed by atoms with E-state index in [4.69, 9.17) is 23.2 Å². The molecular formula is C34H33Cl3N4O5. The number of carbonyl (C=O) groups excluding carboxylic acids is 1. The fourth-order valence-electron chi connectivity index (χ4n) is 6.02. The van der Waals surface area contributed by atoms with Crippen LogP contribution >= 0.6 is 23.2 Å². The highest BCUT2D eigenvalue weighted by Gasteiger charge is 2.26. The highest BCUT2D eigenvalue weighted by atomic mass is 35.5. The van der Waals surface area contributed by atoms with Crippen LogP contribution in [0.25, 0.3) is 22.3 Å². The molecule has 2 aliphatic rings. The first-order chi connectivity index (χ1) is 21.7. The summed E-state index contributed by atoms with van der Waals surface area (Å²) in [5.74, 6) is 0.0962. The number of benzene rings is 4. The standard InChI is InChI=1S/C19H19ClN2O3.C15H13ClN2O2.ClH/c1-2-5-19(23)21-9-8-15-13(12-21)10-14(22(24)25)11-17(15)16-6-3-4-7-18(16)20;16-15-4-2-1-3-13(15)14-8-11(18(19)20)7-10-9-17-6-5-12(10)14;/h3-4,6-7,10-11H,2,5,8-9,12H2,1H3;1-4,7-8,17H,5-6,9H2;1H. The van der Waals surface area contributed by atoms with Crippen LogP contribution in [0.15, 0.2) is 72.8 Å². The second-order valence-corrected chi connectivity index (χ2v) is 11.9. The third-order valence-corrected chi connectivity index (χ3v) is 8.84. The lowest BCUT2D eigenvalue weighted by atomic mass is 9.90. The van der Waals surface area contributed by atoms with E-state index in [1.54, 1.807) is 35.2 Å². The lowest BCUT2D eigenvalue weighted by Crippen LogP contribution is -3.00. The van der Waals surface area contributed by atoms with Crippen LogP contribution in [-0.4, -0.2) is 33.7 Å².